The van der Waals surface area contributed by atoms with Crippen molar-refractivity contribution in [1.29, 1.82) is 0 Å². The first-order chi connectivity index (χ1) is 37.9. The van der Waals surface area contributed by atoms with E-state index in [1.165, 1.54) is 83.8 Å². The second-order valence-corrected chi connectivity index (χ2v) is 21.8. The van der Waals surface area contributed by atoms with Crippen molar-refractivity contribution in [1.82, 2.24) is 0 Å². The van der Waals surface area contributed by atoms with Crippen LogP contribution in [0.25, 0.3) is 33.1 Å². The second-order valence-electron chi connectivity index (χ2n) is 21.8. The number of aryl methyl sites for hydroxylation is 6. The second kappa shape index (κ2) is 21.7. The highest BCUT2D eigenvalue weighted by molar-refractivity contribution is 7.00. The summed E-state index contributed by atoms with van der Waals surface area (Å²) in [5.41, 5.74) is 26.9. The maximum absolute atomic E-state index is 7.01. The minimum absolute atomic E-state index is 0.0670. The lowest BCUT2D eigenvalue weighted by Gasteiger charge is -2.46. The predicted octanol–water partition coefficient (Wildman–Crippen LogP) is 18.5. The lowest BCUT2D eigenvalue weighted by Crippen LogP contribution is -2.61. The fourth-order valence-electron chi connectivity index (χ4n) is 12.8. The fourth-order valence-corrected chi connectivity index (χ4v) is 12.8. The molecule has 77 heavy (non-hydrogen) atoms. The Morgan fingerprint density at radius 1 is 0.377 bits per heavy atom. The first kappa shape index (κ1) is 50.1. The average Bonchev–Trinajstić information content (AvgIpc) is 3.99. The lowest BCUT2D eigenvalue weighted by molar-refractivity contribution is 0.670. The smallest absolute Gasteiger partial charge is 0.252 e. The Labute approximate surface area is 458 Å². The number of fused-ring (bicyclic) bond motifs is 7. The molecule has 5 heteroatoms. The van der Waals surface area contributed by atoms with Crippen LogP contribution in [0.1, 0.15) is 113 Å². The maximum atomic E-state index is 7.01. The summed E-state index contributed by atoms with van der Waals surface area (Å²) in [5.74, 6) is 0. The van der Waals surface area contributed by atoms with Gasteiger partial charge in [-0.2, -0.15) is 0 Å². The average molecular weight is 1010 g/mol. The summed E-state index contributed by atoms with van der Waals surface area (Å²) in [4.78, 5) is 7.76. The number of hydrogen-bond donors (Lipinski definition) is 0. The topological polar surface area (TPSA) is 22.9 Å². The number of rotatable bonds is 18. The van der Waals surface area contributed by atoms with Gasteiger partial charge in [0.25, 0.3) is 6.71 Å². The Hall–Kier alpha value is -7.76. The molecule has 0 bridgehead atoms. The zero-order valence-electron chi connectivity index (χ0n) is 46.1. The van der Waals surface area contributed by atoms with E-state index in [2.05, 4.69) is 238 Å². The Kier molecular flexibility index (Phi) is 14.1. The summed E-state index contributed by atoms with van der Waals surface area (Å²) in [6.45, 7) is 13.6. The standard InChI is InChI=1S/C72H72BN3O/c1-7-16-49-26-35-55(36-27-49)74(56-37-28-50(17-8-2)29-38-56)59-47-67-70-68(48-59)76(58-41-32-52(19-10-4)33-42-58)71-63(62-24-15-23-61-60-22-13-14-25-69(60)77-72(61)62)44-54(21-12-6)46-65(71)73(70)64-45-53(20-11-5)34-43-66(64)75(67)57-39-30-51(18-9-3)31-40-57/h13-15,22-48H,7-12,16-21H2,1-6H3. The molecule has 0 spiro atoms. The van der Waals surface area contributed by atoms with Crippen molar-refractivity contribution >= 4 is 96.2 Å². The molecule has 384 valence electrons. The molecule has 12 rings (SSSR count). The minimum atomic E-state index is -0.0670. The number of para-hydroxylation sites is 2. The number of anilines is 9. The molecule has 0 amide bonds. The van der Waals surface area contributed by atoms with Crippen molar-refractivity contribution in [2.24, 2.45) is 0 Å². The Balaban J connectivity index is 1.22. The summed E-state index contributed by atoms with van der Waals surface area (Å²) in [6, 6.07) is 70.5. The normalized spacial score (nSPS) is 12.6. The van der Waals surface area contributed by atoms with E-state index in [0.29, 0.717) is 0 Å². The van der Waals surface area contributed by atoms with Gasteiger partial charge >= 0.3 is 0 Å². The van der Waals surface area contributed by atoms with Gasteiger partial charge in [0.1, 0.15) is 11.2 Å². The van der Waals surface area contributed by atoms with Crippen molar-refractivity contribution in [3.8, 4) is 11.1 Å². The highest BCUT2D eigenvalue weighted by Gasteiger charge is 2.45. The van der Waals surface area contributed by atoms with Gasteiger partial charge in [0.2, 0.25) is 0 Å². The molecular formula is C72H72BN3O. The summed E-state index contributed by atoms with van der Waals surface area (Å²) in [5, 5.41) is 2.28. The number of benzene rings is 9. The van der Waals surface area contributed by atoms with E-state index in [-0.39, 0.29) is 6.71 Å². The van der Waals surface area contributed by atoms with Gasteiger partial charge in [-0.3, -0.25) is 0 Å². The van der Waals surface area contributed by atoms with Gasteiger partial charge in [0.15, 0.2) is 0 Å². The van der Waals surface area contributed by atoms with Crippen LogP contribution in [0.4, 0.5) is 51.2 Å². The highest BCUT2D eigenvalue weighted by Crippen LogP contribution is 2.51. The van der Waals surface area contributed by atoms with Crippen LogP contribution in [-0.4, -0.2) is 6.71 Å². The number of nitrogens with zero attached hydrogens (tertiary/aromatic N) is 3. The summed E-state index contributed by atoms with van der Waals surface area (Å²) in [7, 11) is 0. The Morgan fingerprint density at radius 2 is 0.857 bits per heavy atom. The monoisotopic (exact) mass is 1010 g/mol. The summed E-state index contributed by atoms with van der Waals surface area (Å²) in [6.07, 6.45) is 12.7. The third-order valence-electron chi connectivity index (χ3n) is 16.2. The lowest BCUT2D eigenvalue weighted by atomic mass is 9.33. The first-order valence-corrected chi connectivity index (χ1v) is 29.1. The Morgan fingerprint density at radius 3 is 1.44 bits per heavy atom. The minimum Gasteiger partial charge on any atom is -0.455 e. The quantitative estimate of drug-likeness (QED) is 0.0799. The third kappa shape index (κ3) is 9.22. The van der Waals surface area contributed by atoms with E-state index in [9.17, 15) is 0 Å². The molecule has 0 saturated heterocycles. The Bertz CT molecular complexity index is 3670. The van der Waals surface area contributed by atoms with Gasteiger partial charge in [0.05, 0.1) is 5.69 Å². The summed E-state index contributed by atoms with van der Waals surface area (Å²) < 4.78 is 7.01. The van der Waals surface area contributed by atoms with Gasteiger partial charge in [-0.25, -0.2) is 0 Å². The van der Waals surface area contributed by atoms with Crippen LogP contribution in [0.2, 0.25) is 0 Å². The zero-order chi connectivity index (χ0) is 52.6. The van der Waals surface area contributed by atoms with Gasteiger partial charge in [0, 0.05) is 67.4 Å². The van der Waals surface area contributed by atoms with Crippen LogP contribution in [0.15, 0.2) is 186 Å². The SMILES string of the molecule is CCCc1ccc(N(c2ccc(CCC)cc2)c2cc3c4c(c2)N(c2ccc(CCC)cc2)c2c(cc(CCC)cc2-c2cccc5c2oc2ccccc25)B4c2cc(CCC)ccc2N3c2ccc(CCC)cc2)cc1. The van der Waals surface area contributed by atoms with Crippen molar-refractivity contribution in [3.63, 3.8) is 0 Å². The molecule has 0 fully saturated rings. The van der Waals surface area contributed by atoms with Crippen LogP contribution >= 0.6 is 0 Å². The summed E-state index contributed by atoms with van der Waals surface area (Å²) >= 11 is 0. The van der Waals surface area contributed by atoms with Gasteiger partial charge in [-0.1, -0.05) is 183 Å². The van der Waals surface area contributed by atoms with Gasteiger partial charge < -0.3 is 19.1 Å². The van der Waals surface area contributed by atoms with E-state index in [0.717, 1.165) is 127 Å². The molecule has 2 aliphatic heterocycles. The largest absolute Gasteiger partial charge is 0.455 e. The molecule has 10 aromatic rings. The van der Waals surface area contributed by atoms with Gasteiger partial charge in [-0.15, -0.1) is 0 Å². The van der Waals surface area contributed by atoms with Crippen molar-refractivity contribution < 1.29 is 4.42 Å². The molecule has 2 aliphatic rings. The molecule has 1 aromatic heterocycles. The molecule has 0 N–H and O–H groups in total. The van der Waals surface area contributed by atoms with Gasteiger partial charge in [-0.05, 0) is 167 Å². The van der Waals surface area contributed by atoms with Crippen molar-refractivity contribution in [2.75, 3.05) is 14.7 Å². The molecule has 3 heterocycles. The number of furan rings is 1. The van der Waals surface area contributed by atoms with Crippen LogP contribution in [0.3, 0.4) is 0 Å². The first-order valence-electron chi connectivity index (χ1n) is 29.1. The van der Waals surface area contributed by atoms with Crippen LogP contribution < -0.4 is 31.1 Å². The van der Waals surface area contributed by atoms with Crippen LogP contribution in [0, 0.1) is 0 Å². The molecule has 0 aliphatic carbocycles. The molecule has 0 radical (unpaired) electrons. The number of hydrogen-bond acceptors (Lipinski definition) is 4. The maximum Gasteiger partial charge on any atom is 0.252 e. The van der Waals surface area contributed by atoms with E-state index >= 15 is 0 Å². The molecular weight excluding hydrogens is 934 g/mol. The highest BCUT2D eigenvalue weighted by atomic mass is 16.3. The fraction of sp³-hybridized carbons (Fsp3) is 0.250. The molecule has 4 nitrogen and oxygen atoms in total. The molecule has 0 unspecified atom stereocenters. The van der Waals surface area contributed by atoms with Crippen molar-refractivity contribution in [3.05, 3.63) is 215 Å². The third-order valence-corrected chi connectivity index (χ3v) is 16.2. The van der Waals surface area contributed by atoms with E-state index in [1.54, 1.807) is 0 Å². The molecule has 0 atom stereocenters. The zero-order valence-corrected chi connectivity index (χ0v) is 46.1. The van der Waals surface area contributed by atoms with E-state index < -0.39 is 0 Å². The molecule has 0 saturated carbocycles. The molecule has 9 aromatic carbocycles. The van der Waals surface area contributed by atoms with Crippen LogP contribution in [-0.2, 0) is 38.5 Å². The predicted molar refractivity (Wildman–Crippen MR) is 332 cm³/mol. The van der Waals surface area contributed by atoms with Crippen LogP contribution in [0.5, 0.6) is 0 Å². The van der Waals surface area contributed by atoms with Crippen molar-refractivity contribution in [2.45, 2.75) is 119 Å². The van der Waals surface area contributed by atoms with E-state index in [4.69, 9.17) is 4.42 Å². The van der Waals surface area contributed by atoms with E-state index in [1.807, 2.05) is 0 Å².